The molecule has 2 unspecified atom stereocenters. The molecule has 0 aromatic heterocycles. The van der Waals surface area contributed by atoms with E-state index < -0.39 is 5.97 Å². The summed E-state index contributed by atoms with van der Waals surface area (Å²) in [5.74, 6) is -0.393. The number of nitrogens with one attached hydrogen (secondary N) is 1. The molecule has 1 fully saturated rings. The van der Waals surface area contributed by atoms with Crippen molar-refractivity contribution in [2.24, 2.45) is 0 Å². The van der Waals surface area contributed by atoms with Gasteiger partial charge in [-0.25, -0.2) is 0 Å². The summed E-state index contributed by atoms with van der Waals surface area (Å²) in [6.45, 7) is 1.30. The van der Waals surface area contributed by atoms with Crippen LogP contribution in [0.25, 0.3) is 0 Å². The molecule has 1 aliphatic rings. The zero-order chi connectivity index (χ0) is 20.5. The third-order valence-electron chi connectivity index (χ3n) is 4.94. The van der Waals surface area contributed by atoms with Crippen molar-refractivity contribution >= 4 is 11.9 Å². The molecule has 2 N–H and O–H groups in total. The Balaban J connectivity index is 1.56. The highest BCUT2D eigenvalue weighted by Crippen LogP contribution is 2.17. The van der Waals surface area contributed by atoms with Crippen LogP contribution < -0.4 is 10.1 Å². The Labute approximate surface area is 170 Å². The van der Waals surface area contributed by atoms with E-state index in [9.17, 15) is 9.59 Å². The maximum atomic E-state index is 12.6. The lowest BCUT2D eigenvalue weighted by Gasteiger charge is -2.18. The van der Waals surface area contributed by atoms with E-state index >= 15 is 0 Å². The number of carbonyl (C=O) groups excluding carboxylic acids is 1. The molecular weight excluding hydrogens is 370 g/mol. The van der Waals surface area contributed by atoms with Crippen LogP contribution in [-0.2, 0) is 16.0 Å². The van der Waals surface area contributed by atoms with Crippen LogP contribution in [0.3, 0.4) is 0 Å². The molecule has 6 nitrogen and oxygen atoms in total. The monoisotopic (exact) mass is 397 g/mol. The van der Waals surface area contributed by atoms with Crippen molar-refractivity contribution in [2.75, 3.05) is 13.2 Å². The van der Waals surface area contributed by atoms with Crippen molar-refractivity contribution in [3.63, 3.8) is 0 Å². The van der Waals surface area contributed by atoms with E-state index in [2.05, 4.69) is 5.32 Å². The number of rotatable bonds is 10. The highest BCUT2D eigenvalue weighted by atomic mass is 16.5. The zero-order valence-electron chi connectivity index (χ0n) is 16.4. The average molecular weight is 397 g/mol. The summed E-state index contributed by atoms with van der Waals surface area (Å²) in [6, 6.07) is 16.5. The molecule has 0 aliphatic carbocycles. The molecule has 1 aliphatic heterocycles. The fraction of sp³-hybridized carbons (Fsp3) is 0.391. The number of ether oxygens (including phenoxy) is 2. The highest BCUT2D eigenvalue weighted by Gasteiger charge is 2.17. The standard InChI is InChI=1S/C23H27NO5/c25-22(26)13-10-19(15-17-5-2-1-3-6-17)24-23(27)18-8-11-20(12-9-18)29-16-21-7-4-14-28-21/h1-3,5-6,8-9,11-12,19,21H,4,7,10,13-16H2,(H,24,27)(H,25,26). The van der Waals surface area contributed by atoms with E-state index in [1.165, 1.54) is 0 Å². The van der Waals surface area contributed by atoms with E-state index in [4.69, 9.17) is 14.6 Å². The average Bonchev–Trinajstić information content (AvgIpc) is 3.25. The highest BCUT2D eigenvalue weighted by molar-refractivity contribution is 5.94. The lowest BCUT2D eigenvalue weighted by Crippen LogP contribution is -2.36. The minimum atomic E-state index is -0.870. The predicted octanol–water partition coefficient (Wildman–Crippen LogP) is 3.45. The molecule has 29 heavy (non-hydrogen) atoms. The van der Waals surface area contributed by atoms with Crippen molar-refractivity contribution in [3.05, 3.63) is 65.7 Å². The van der Waals surface area contributed by atoms with Gasteiger partial charge in [-0.3, -0.25) is 9.59 Å². The molecular formula is C23H27NO5. The zero-order valence-corrected chi connectivity index (χ0v) is 16.4. The van der Waals surface area contributed by atoms with Crippen LogP contribution in [0.1, 0.15) is 41.6 Å². The van der Waals surface area contributed by atoms with Crippen LogP contribution in [-0.4, -0.2) is 42.3 Å². The van der Waals surface area contributed by atoms with Crippen LogP contribution in [0.15, 0.2) is 54.6 Å². The van der Waals surface area contributed by atoms with Crippen LogP contribution in [0.2, 0.25) is 0 Å². The molecule has 2 aromatic rings. The first-order valence-electron chi connectivity index (χ1n) is 10.0. The summed E-state index contributed by atoms with van der Waals surface area (Å²) in [6.07, 6.45) is 3.19. The minimum absolute atomic E-state index is 0.00773. The summed E-state index contributed by atoms with van der Waals surface area (Å²) in [7, 11) is 0. The summed E-state index contributed by atoms with van der Waals surface area (Å²) in [4.78, 5) is 23.6. The molecule has 0 radical (unpaired) electrons. The number of aliphatic carboxylic acids is 1. The molecule has 1 heterocycles. The molecule has 2 aromatic carbocycles. The molecule has 2 atom stereocenters. The Bertz CT molecular complexity index is 785. The molecule has 6 heteroatoms. The van der Waals surface area contributed by atoms with Crippen LogP contribution in [0.5, 0.6) is 5.75 Å². The van der Waals surface area contributed by atoms with Gasteiger partial charge in [-0.05, 0) is 55.5 Å². The van der Waals surface area contributed by atoms with E-state index in [-0.39, 0.29) is 24.5 Å². The number of carboxylic acids is 1. The number of hydrogen-bond donors (Lipinski definition) is 2. The molecule has 0 spiro atoms. The Morgan fingerprint density at radius 2 is 1.90 bits per heavy atom. The molecule has 3 rings (SSSR count). The van der Waals surface area contributed by atoms with Gasteiger partial charge in [-0.2, -0.15) is 0 Å². The van der Waals surface area contributed by atoms with E-state index in [1.54, 1.807) is 24.3 Å². The fourth-order valence-corrected chi connectivity index (χ4v) is 3.36. The van der Waals surface area contributed by atoms with Gasteiger partial charge in [0.2, 0.25) is 0 Å². The van der Waals surface area contributed by atoms with Crippen molar-refractivity contribution in [2.45, 2.75) is 44.2 Å². The molecule has 154 valence electrons. The van der Waals surface area contributed by atoms with Gasteiger partial charge in [0.15, 0.2) is 0 Å². The summed E-state index contributed by atoms with van der Waals surface area (Å²) in [5, 5.41) is 12.0. The minimum Gasteiger partial charge on any atom is -0.491 e. The maximum absolute atomic E-state index is 12.6. The number of amides is 1. The SMILES string of the molecule is O=C(O)CCC(Cc1ccccc1)NC(=O)c1ccc(OCC2CCCO2)cc1. The van der Waals surface area contributed by atoms with Crippen molar-refractivity contribution in [3.8, 4) is 5.75 Å². The van der Waals surface area contributed by atoms with Gasteiger partial charge in [0, 0.05) is 24.6 Å². The fourth-order valence-electron chi connectivity index (χ4n) is 3.36. The van der Waals surface area contributed by atoms with Gasteiger partial charge in [-0.15, -0.1) is 0 Å². The van der Waals surface area contributed by atoms with E-state index in [1.807, 2.05) is 30.3 Å². The Hall–Kier alpha value is -2.86. The normalized spacial score (nSPS) is 16.9. The first-order chi connectivity index (χ1) is 14.1. The van der Waals surface area contributed by atoms with Gasteiger partial charge < -0.3 is 19.9 Å². The quantitative estimate of drug-likeness (QED) is 0.641. The number of carbonyl (C=O) groups is 2. The van der Waals surface area contributed by atoms with Crippen molar-refractivity contribution in [1.29, 1.82) is 0 Å². The molecule has 0 saturated carbocycles. The first kappa shape index (κ1) is 20.9. The lowest BCUT2D eigenvalue weighted by atomic mass is 10.0. The van der Waals surface area contributed by atoms with Gasteiger partial charge in [0.25, 0.3) is 5.91 Å². The molecule has 0 bridgehead atoms. The van der Waals surface area contributed by atoms with Crippen LogP contribution in [0, 0.1) is 0 Å². The molecule has 1 saturated heterocycles. The maximum Gasteiger partial charge on any atom is 0.303 e. The third kappa shape index (κ3) is 6.91. The van der Waals surface area contributed by atoms with E-state index in [0.29, 0.717) is 30.8 Å². The van der Waals surface area contributed by atoms with Crippen molar-refractivity contribution < 1.29 is 24.2 Å². The Morgan fingerprint density at radius 3 is 2.55 bits per heavy atom. The topological polar surface area (TPSA) is 84.9 Å². The van der Waals surface area contributed by atoms with Crippen LogP contribution >= 0.6 is 0 Å². The number of hydrogen-bond acceptors (Lipinski definition) is 4. The molecule has 1 amide bonds. The van der Waals surface area contributed by atoms with E-state index in [0.717, 1.165) is 25.0 Å². The number of carboxylic acid groups (broad SMARTS) is 1. The first-order valence-corrected chi connectivity index (χ1v) is 10.0. The van der Waals surface area contributed by atoms with Gasteiger partial charge in [-0.1, -0.05) is 30.3 Å². The van der Waals surface area contributed by atoms with Gasteiger partial charge in [0.1, 0.15) is 12.4 Å². The van der Waals surface area contributed by atoms with Crippen molar-refractivity contribution in [1.82, 2.24) is 5.32 Å². The second-order valence-electron chi connectivity index (χ2n) is 7.26. The lowest BCUT2D eigenvalue weighted by molar-refractivity contribution is -0.137. The number of benzene rings is 2. The second kappa shape index (κ2) is 10.6. The largest absolute Gasteiger partial charge is 0.491 e. The van der Waals surface area contributed by atoms with Gasteiger partial charge in [0.05, 0.1) is 6.10 Å². The summed E-state index contributed by atoms with van der Waals surface area (Å²) < 4.78 is 11.3. The van der Waals surface area contributed by atoms with Crippen LogP contribution in [0.4, 0.5) is 0 Å². The Kier molecular flexibility index (Phi) is 7.64. The Morgan fingerprint density at radius 1 is 1.14 bits per heavy atom. The third-order valence-corrected chi connectivity index (χ3v) is 4.94. The second-order valence-corrected chi connectivity index (χ2v) is 7.26. The summed E-state index contributed by atoms with van der Waals surface area (Å²) in [5.41, 5.74) is 1.57. The smallest absolute Gasteiger partial charge is 0.303 e. The summed E-state index contributed by atoms with van der Waals surface area (Å²) >= 11 is 0. The predicted molar refractivity (Wildman–Crippen MR) is 109 cm³/mol. The van der Waals surface area contributed by atoms with Gasteiger partial charge >= 0.3 is 5.97 Å².